The maximum atomic E-state index is 13.5. The van der Waals surface area contributed by atoms with Crippen LogP contribution in [0.2, 0.25) is 0 Å². The predicted octanol–water partition coefficient (Wildman–Crippen LogP) is 3.18. The third kappa shape index (κ3) is 3.04. The highest BCUT2D eigenvalue weighted by molar-refractivity contribution is 5.98. The van der Waals surface area contributed by atoms with Crippen LogP contribution < -0.4 is 10.3 Å². The summed E-state index contributed by atoms with van der Waals surface area (Å²) in [7, 11) is 1.29. The molecule has 1 aliphatic heterocycles. The minimum atomic E-state index is -4.85. The first kappa shape index (κ1) is 18.2. The molecule has 2 atom stereocenters. The van der Waals surface area contributed by atoms with Gasteiger partial charge in [-0.05, 0) is 18.2 Å². The van der Waals surface area contributed by atoms with E-state index in [1.165, 1.54) is 37.6 Å². The summed E-state index contributed by atoms with van der Waals surface area (Å²) in [6.45, 7) is 0. The number of hydrogen-bond donors (Lipinski definition) is 1. The molecule has 3 rings (SSSR count). The molecular weight excluding hydrogens is 361 g/mol. The normalized spacial score (nSPS) is 18.7. The van der Waals surface area contributed by atoms with Gasteiger partial charge in [-0.2, -0.15) is 23.7 Å². The molecule has 0 radical (unpaired) electrons. The van der Waals surface area contributed by atoms with Crippen LogP contribution in [0.25, 0.3) is 0 Å². The Morgan fingerprint density at radius 3 is 2.59 bits per heavy atom. The van der Waals surface area contributed by atoms with Crippen LogP contribution in [0, 0.1) is 28.6 Å². The Labute approximate surface area is 151 Å². The number of aromatic nitrogens is 1. The number of methoxy groups -OCH3 is 1. The van der Waals surface area contributed by atoms with Crippen LogP contribution in [0.3, 0.4) is 0 Å². The molecule has 0 amide bonds. The molecule has 1 aliphatic rings. The van der Waals surface area contributed by atoms with Crippen LogP contribution in [-0.4, -0.2) is 24.0 Å². The van der Waals surface area contributed by atoms with Gasteiger partial charge in [0.15, 0.2) is 0 Å². The van der Waals surface area contributed by atoms with E-state index in [9.17, 15) is 23.2 Å². The highest BCUT2D eigenvalue weighted by atomic mass is 19.4. The van der Waals surface area contributed by atoms with Crippen LogP contribution in [-0.2, 0) is 0 Å². The third-order valence-electron chi connectivity index (χ3n) is 4.28. The van der Waals surface area contributed by atoms with Gasteiger partial charge in [-0.25, -0.2) is 4.99 Å². The van der Waals surface area contributed by atoms with Crippen molar-refractivity contribution >= 4 is 11.4 Å². The van der Waals surface area contributed by atoms with Crippen LogP contribution in [0.1, 0.15) is 22.6 Å². The minimum Gasteiger partial charge on any atom is -0.496 e. The molecule has 2 unspecified atom stereocenters. The summed E-state index contributed by atoms with van der Waals surface area (Å²) in [4.78, 5) is 18.3. The number of hydrogen-bond acceptors (Lipinski definition) is 5. The molecule has 27 heavy (non-hydrogen) atoms. The SMILES string of the molecule is COc1cc(C#N)ccc1C1c2c(cc[nH]c2=O)N=C(C(F)(F)F)C1C#N. The van der Waals surface area contributed by atoms with Crippen LogP contribution in [0.5, 0.6) is 5.75 Å². The molecule has 0 aliphatic carbocycles. The molecule has 136 valence electrons. The number of nitriles is 2. The summed E-state index contributed by atoms with van der Waals surface area (Å²) in [5.41, 5.74) is -1.72. The Kier molecular flexibility index (Phi) is 4.46. The number of ether oxygens (including phenoxy) is 1. The van der Waals surface area contributed by atoms with E-state index in [4.69, 9.17) is 10.00 Å². The van der Waals surface area contributed by atoms with Crippen molar-refractivity contribution in [2.75, 3.05) is 7.11 Å². The van der Waals surface area contributed by atoms with Crippen molar-refractivity contribution in [3.63, 3.8) is 0 Å². The van der Waals surface area contributed by atoms with Crippen molar-refractivity contribution in [1.29, 1.82) is 10.5 Å². The minimum absolute atomic E-state index is 0.0555. The van der Waals surface area contributed by atoms with Gasteiger partial charge in [0.2, 0.25) is 0 Å². The number of fused-ring (bicyclic) bond motifs is 1. The largest absolute Gasteiger partial charge is 0.496 e. The van der Waals surface area contributed by atoms with Crippen molar-refractivity contribution < 1.29 is 17.9 Å². The van der Waals surface area contributed by atoms with Crippen LogP contribution in [0.15, 0.2) is 40.2 Å². The maximum absolute atomic E-state index is 13.5. The quantitative estimate of drug-likeness (QED) is 0.875. The van der Waals surface area contributed by atoms with Crippen molar-refractivity contribution in [1.82, 2.24) is 4.98 Å². The second kappa shape index (κ2) is 6.61. The standard InChI is InChI=1S/C18H11F3N4O2/c1-27-13-6-9(7-22)2-3-10(13)14-11(8-23)16(18(19,20)21)25-12-4-5-24-17(26)15(12)14/h2-6,11,14H,1H3,(H,24,26). The number of pyridine rings is 1. The zero-order valence-corrected chi connectivity index (χ0v) is 13.8. The zero-order valence-electron chi connectivity index (χ0n) is 13.8. The van der Waals surface area contributed by atoms with Gasteiger partial charge in [-0.1, -0.05) is 6.07 Å². The summed E-state index contributed by atoms with van der Waals surface area (Å²) in [5, 5.41) is 18.5. The molecule has 0 fully saturated rings. The predicted molar refractivity (Wildman–Crippen MR) is 88.9 cm³/mol. The van der Waals surface area contributed by atoms with Gasteiger partial charge in [0, 0.05) is 17.7 Å². The summed E-state index contributed by atoms with van der Waals surface area (Å²) >= 11 is 0. The zero-order chi connectivity index (χ0) is 19.8. The van der Waals surface area contributed by atoms with E-state index >= 15 is 0 Å². The number of H-pyrrole nitrogens is 1. The Bertz CT molecular complexity index is 1070. The monoisotopic (exact) mass is 372 g/mol. The van der Waals surface area contributed by atoms with Crippen molar-refractivity contribution in [2.24, 2.45) is 10.9 Å². The van der Waals surface area contributed by atoms with Crippen LogP contribution >= 0.6 is 0 Å². The Morgan fingerprint density at radius 1 is 1.26 bits per heavy atom. The van der Waals surface area contributed by atoms with Gasteiger partial charge in [0.05, 0.1) is 36.1 Å². The van der Waals surface area contributed by atoms with Gasteiger partial charge in [-0.15, -0.1) is 0 Å². The number of nitrogens with one attached hydrogen (secondary N) is 1. The fourth-order valence-corrected chi connectivity index (χ4v) is 3.15. The highest BCUT2D eigenvalue weighted by Crippen LogP contribution is 2.46. The first-order valence-corrected chi connectivity index (χ1v) is 7.66. The summed E-state index contributed by atoms with van der Waals surface area (Å²) in [6.07, 6.45) is -3.66. The Balaban J connectivity index is 2.35. The molecule has 1 N–H and O–H groups in total. The lowest BCUT2D eigenvalue weighted by atomic mass is 9.76. The molecule has 9 heteroatoms. The number of halogens is 3. The molecule has 2 heterocycles. The number of aromatic amines is 1. The molecule has 0 spiro atoms. The molecule has 0 saturated carbocycles. The fourth-order valence-electron chi connectivity index (χ4n) is 3.15. The second-order valence-corrected chi connectivity index (χ2v) is 5.75. The topological polar surface area (TPSA) is 102 Å². The van der Waals surface area contributed by atoms with E-state index in [0.29, 0.717) is 0 Å². The van der Waals surface area contributed by atoms with E-state index in [1.807, 2.05) is 6.07 Å². The van der Waals surface area contributed by atoms with Crippen molar-refractivity contribution in [2.45, 2.75) is 12.1 Å². The summed E-state index contributed by atoms with van der Waals surface area (Å²) in [6, 6.07) is 8.91. The Morgan fingerprint density at radius 2 is 2.00 bits per heavy atom. The third-order valence-corrected chi connectivity index (χ3v) is 4.28. The second-order valence-electron chi connectivity index (χ2n) is 5.75. The van der Waals surface area contributed by atoms with Crippen LogP contribution in [0.4, 0.5) is 18.9 Å². The van der Waals surface area contributed by atoms with Gasteiger partial charge in [-0.3, -0.25) is 4.79 Å². The lowest BCUT2D eigenvalue weighted by Gasteiger charge is -2.30. The smallest absolute Gasteiger partial charge is 0.430 e. The number of rotatable bonds is 2. The lowest BCUT2D eigenvalue weighted by Crippen LogP contribution is -2.38. The number of aliphatic imine (C=N–C) groups is 1. The summed E-state index contributed by atoms with van der Waals surface area (Å²) in [5.74, 6) is -2.90. The highest BCUT2D eigenvalue weighted by Gasteiger charge is 2.49. The molecular formula is C18H11F3N4O2. The molecule has 6 nitrogen and oxygen atoms in total. The maximum Gasteiger partial charge on any atom is 0.430 e. The van der Waals surface area contributed by atoms with E-state index in [2.05, 4.69) is 9.98 Å². The number of benzene rings is 1. The van der Waals surface area contributed by atoms with E-state index in [0.717, 1.165) is 0 Å². The fraction of sp³-hybridized carbons (Fsp3) is 0.222. The van der Waals surface area contributed by atoms with Gasteiger partial charge >= 0.3 is 6.18 Å². The Hall–Kier alpha value is -3.59. The van der Waals surface area contributed by atoms with Gasteiger partial charge < -0.3 is 9.72 Å². The first-order valence-electron chi connectivity index (χ1n) is 7.66. The van der Waals surface area contributed by atoms with Gasteiger partial charge in [0.1, 0.15) is 17.4 Å². The van der Waals surface area contributed by atoms with E-state index in [1.54, 1.807) is 6.07 Å². The first-order chi connectivity index (χ1) is 12.8. The lowest BCUT2D eigenvalue weighted by molar-refractivity contribution is -0.0623. The van der Waals surface area contributed by atoms with E-state index < -0.39 is 29.3 Å². The molecule has 0 saturated heterocycles. The van der Waals surface area contributed by atoms with E-state index in [-0.39, 0.29) is 28.1 Å². The average molecular weight is 372 g/mol. The van der Waals surface area contributed by atoms with Crippen molar-refractivity contribution in [3.05, 3.63) is 57.5 Å². The summed E-state index contributed by atoms with van der Waals surface area (Å²) < 4.78 is 45.8. The van der Waals surface area contributed by atoms with Gasteiger partial charge in [0.25, 0.3) is 5.56 Å². The molecule has 0 bridgehead atoms. The average Bonchev–Trinajstić information content (AvgIpc) is 2.65. The number of alkyl halides is 3. The molecule has 2 aromatic rings. The molecule has 1 aromatic heterocycles. The van der Waals surface area contributed by atoms with Crippen molar-refractivity contribution in [3.8, 4) is 17.9 Å². The number of nitrogens with zero attached hydrogens (tertiary/aromatic N) is 3. The molecule has 1 aromatic carbocycles.